The van der Waals surface area contributed by atoms with E-state index >= 15 is 0 Å². The van der Waals surface area contributed by atoms with E-state index in [9.17, 15) is 4.79 Å². The van der Waals surface area contributed by atoms with Crippen LogP contribution >= 0.6 is 0 Å². The minimum Gasteiger partial charge on any atom is -1.00 e. The van der Waals surface area contributed by atoms with Gasteiger partial charge in [-0.1, -0.05) is 19.6 Å². The van der Waals surface area contributed by atoms with Crippen LogP contribution in [0.25, 0.3) is 0 Å². The van der Waals surface area contributed by atoms with Crippen molar-refractivity contribution < 1.29 is 67.4 Å². The number of nitrogens with zero attached hydrogens (tertiary/aromatic N) is 3. The van der Waals surface area contributed by atoms with Crippen LogP contribution in [0.4, 0.5) is 0 Å². The predicted octanol–water partition coefficient (Wildman–Crippen LogP) is -1.08. The molecule has 0 radical (unpaired) electrons. The molecule has 1 heterocycles. The molecule has 20 heavy (non-hydrogen) atoms. The third-order valence-electron chi connectivity index (χ3n) is 2.56. The Hall–Kier alpha value is -0.0168. The van der Waals surface area contributed by atoms with Crippen molar-refractivity contribution in [1.82, 2.24) is 9.55 Å². The molecule has 0 unspecified atom stereocenters. The topological polar surface area (TPSA) is 88.1 Å². The molecular formula is C12H20KN3O3Si. The molecule has 0 bridgehead atoms. The number of aromatic nitrogens is 2. The van der Waals surface area contributed by atoms with Gasteiger partial charge in [0.25, 0.3) is 0 Å². The van der Waals surface area contributed by atoms with Gasteiger partial charge >= 0.3 is 57.4 Å². The first-order valence-electron chi connectivity index (χ1n) is 6.12. The summed E-state index contributed by atoms with van der Waals surface area (Å²) < 4.78 is 6.94. The molecule has 1 aromatic rings. The van der Waals surface area contributed by atoms with Gasteiger partial charge in [0.2, 0.25) is 5.82 Å². The van der Waals surface area contributed by atoms with Crippen LogP contribution in [0.2, 0.25) is 25.7 Å². The van der Waals surface area contributed by atoms with Crippen molar-refractivity contribution in [3.63, 3.8) is 0 Å². The zero-order valence-electron chi connectivity index (χ0n) is 13.5. The van der Waals surface area contributed by atoms with Gasteiger partial charge in [-0.2, -0.15) is 5.26 Å². The first-order chi connectivity index (χ1) is 8.83. The molecule has 8 heteroatoms. The van der Waals surface area contributed by atoms with Crippen LogP contribution < -0.4 is 51.4 Å². The van der Waals surface area contributed by atoms with Crippen molar-refractivity contribution >= 4 is 14.0 Å². The fourth-order valence-electron chi connectivity index (χ4n) is 1.45. The van der Waals surface area contributed by atoms with E-state index in [4.69, 9.17) is 15.1 Å². The van der Waals surface area contributed by atoms with Crippen molar-refractivity contribution in [2.75, 3.05) is 13.2 Å². The summed E-state index contributed by atoms with van der Waals surface area (Å²) in [6.45, 7) is 8.32. The number of hydrogen-bond donors (Lipinski definition) is 1. The molecule has 0 aliphatic rings. The SMILES string of the molecule is C[Si](C)(C)CCOCCn1cc(C#N)nc1C(=O)O.[H-].[K+]. The van der Waals surface area contributed by atoms with Gasteiger partial charge in [-0.05, 0) is 6.04 Å². The Labute approximate surface area is 164 Å². The largest absolute Gasteiger partial charge is 1.00 e. The van der Waals surface area contributed by atoms with Crippen LogP contribution in [0, 0.1) is 11.3 Å². The standard InChI is InChI=1S/C12H19N3O3Si.K.H/c1-19(2,3)7-6-18-5-4-15-9-10(8-13)14-11(15)12(16)17;;/h9H,4-7H2,1-3H3,(H,16,17);;/q;+1;-1. The fourth-order valence-corrected chi connectivity index (χ4v) is 2.21. The predicted molar refractivity (Wildman–Crippen MR) is 74.0 cm³/mol. The minimum absolute atomic E-state index is 0. The molecule has 0 amide bonds. The Kier molecular flexibility index (Phi) is 9.09. The Morgan fingerprint density at radius 1 is 1.55 bits per heavy atom. The summed E-state index contributed by atoms with van der Waals surface area (Å²) in [5.74, 6) is -1.26. The maximum atomic E-state index is 10.9. The second kappa shape index (κ2) is 9.09. The molecule has 0 atom stereocenters. The van der Waals surface area contributed by atoms with Crippen molar-refractivity contribution in [1.29, 1.82) is 5.26 Å². The summed E-state index contributed by atoms with van der Waals surface area (Å²) in [5.41, 5.74) is 0.111. The summed E-state index contributed by atoms with van der Waals surface area (Å²) >= 11 is 0. The molecule has 0 saturated heterocycles. The number of hydrogen-bond acceptors (Lipinski definition) is 4. The number of nitriles is 1. The summed E-state index contributed by atoms with van der Waals surface area (Å²) in [6, 6.07) is 2.91. The maximum Gasteiger partial charge on any atom is 1.00 e. The third kappa shape index (κ3) is 7.12. The Bertz CT molecular complexity index is 497. The molecule has 0 spiro atoms. The van der Waals surface area contributed by atoms with Crippen LogP contribution in [0.5, 0.6) is 0 Å². The number of ether oxygens (including phenoxy) is 1. The first kappa shape index (κ1) is 20.0. The van der Waals surface area contributed by atoms with E-state index < -0.39 is 14.0 Å². The zero-order chi connectivity index (χ0) is 14.5. The van der Waals surface area contributed by atoms with Crippen LogP contribution in [-0.2, 0) is 11.3 Å². The van der Waals surface area contributed by atoms with E-state index in [1.807, 2.05) is 6.07 Å². The molecule has 6 nitrogen and oxygen atoms in total. The van der Waals surface area contributed by atoms with Crippen molar-refractivity contribution in [2.24, 2.45) is 0 Å². The summed E-state index contributed by atoms with van der Waals surface area (Å²) in [5, 5.41) is 17.7. The molecule has 1 aromatic heterocycles. The van der Waals surface area contributed by atoms with Gasteiger partial charge in [-0.3, -0.25) is 0 Å². The molecule has 0 fully saturated rings. The fraction of sp³-hybridized carbons (Fsp3) is 0.583. The zero-order valence-corrected chi connectivity index (χ0v) is 16.6. The Morgan fingerprint density at radius 3 is 2.70 bits per heavy atom. The van der Waals surface area contributed by atoms with Crippen molar-refractivity contribution in [3.05, 3.63) is 17.7 Å². The number of rotatable bonds is 7. The summed E-state index contributed by atoms with van der Waals surface area (Å²) in [6.07, 6.45) is 1.44. The second-order valence-corrected chi connectivity index (χ2v) is 11.1. The average molecular weight is 321 g/mol. The molecule has 1 rings (SSSR count). The van der Waals surface area contributed by atoms with Crippen LogP contribution in [0.15, 0.2) is 6.20 Å². The molecule has 1 N–H and O–H groups in total. The van der Waals surface area contributed by atoms with Gasteiger partial charge in [-0.25, -0.2) is 9.78 Å². The van der Waals surface area contributed by atoms with Gasteiger partial charge in [0.05, 0.1) is 6.61 Å². The summed E-state index contributed by atoms with van der Waals surface area (Å²) in [4.78, 5) is 14.7. The van der Waals surface area contributed by atoms with Gasteiger partial charge in [0.15, 0.2) is 5.69 Å². The third-order valence-corrected chi connectivity index (χ3v) is 4.26. The van der Waals surface area contributed by atoms with E-state index in [0.717, 1.165) is 6.04 Å². The minimum atomic E-state index is -1.14. The second-order valence-electron chi connectivity index (χ2n) is 5.48. The molecule has 0 aromatic carbocycles. The number of aromatic carboxylic acids is 1. The van der Waals surface area contributed by atoms with E-state index in [1.165, 1.54) is 10.8 Å². The van der Waals surface area contributed by atoms with E-state index in [-0.39, 0.29) is 64.3 Å². The summed E-state index contributed by atoms with van der Waals surface area (Å²) in [7, 11) is -1.10. The average Bonchev–Trinajstić information content (AvgIpc) is 2.70. The normalized spacial score (nSPS) is 10.7. The molecule has 106 valence electrons. The molecule has 0 saturated carbocycles. The number of carbonyl (C=O) groups is 1. The van der Waals surface area contributed by atoms with E-state index in [2.05, 4.69) is 24.6 Å². The van der Waals surface area contributed by atoms with Crippen LogP contribution in [0.1, 0.15) is 17.7 Å². The van der Waals surface area contributed by atoms with Crippen LogP contribution in [0.3, 0.4) is 0 Å². The van der Waals surface area contributed by atoms with Gasteiger partial charge in [-0.15, -0.1) is 0 Å². The monoisotopic (exact) mass is 321 g/mol. The van der Waals surface area contributed by atoms with Gasteiger partial charge < -0.3 is 15.8 Å². The van der Waals surface area contributed by atoms with Crippen LogP contribution in [-0.4, -0.2) is 41.9 Å². The Balaban J connectivity index is 0. The Morgan fingerprint density at radius 2 is 2.20 bits per heavy atom. The first-order valence-corrected chi connectivity index (χ1v) is 9.82. The smallest absolute Gasteiger partial charge is 1.00 e. The quantitative estimate of drug-likeness (QED) is 0.510. The van der Waals surface area contributed by atoms with Gasteiger partial charge in [0.1, 0.15) is 6.07 Å². The van der Waals surface area contributed by atoms with E-state index in [1.54, 1.807) is 0 Å². The maximum absolute atomic E-state index is 10.9. The number of carboxylic acids is 1. The van der Waals surface area contributed by atoms with E-state index in [0.29, 0.717) is 19.8 Å². The number of carboxylic acid groups (broad SMARTS) is 1. The number of imidazole rings is 1. The molecule has 0 aliphatic heterocycles. The molecular weight excluding hydrogens is 301 g/mol. The van der Waals surface area contributed by atoms with Crippen molar-refractivity contribution in [3.8, 4) is 6.07 Å². The van der Waals surface area contributed by atoms with Crippen molar-refractivity contribution in [2.45, 2.75) is 32.2 Å². The molecule has 0 aliphatic carbocycles. The van der Waals surface area contributed by atoms with Gasteiger partial charge in [0, 0.05) is 27.4 Å².